The normalized spacial score (nSPS) is 16.9. The number of phenols is 1. The standard InChI is InChI=1S/C26H40F3NO3S/c1-2-3-11-18-34(33)19-12-9-7-5-4-6-8-10-13-24-23-15-14-22(31)20-21(23)16-17-30(24)25(32)26(27,28)29/h14-15,20,24,31H,2-13,16-19H2,1H3. The second-order valence-electron chi connectivity index (χ2n) is 9.32. The third kappa shape index (κ3) is 9.59. The van der Waals surface area contributed by atoms with Gasteiger partial charge in [-0.2, -0.15) is 13.2 Å². The minimum atomic E-state index is -4.88. The molecule has 1 aliphatic heterocycles. The second-order valence-corrected chi connectivity index (χ2v) is 11.0. The SMILES string of the molecule is CCCCCS(=O)CCCCCCCCCCC1c2ccc(O)cc2CCN1C(=O)C(F)(F)F. The van der Waals surface area contributed by atoms with Gasteiger partial charge in [-0.1, -0.05) is 70.8 Å². The van der Waals surface area contributed by atoms with Gasteiger partial charge in [-0.25, -0.2) is 0 Å². The van der Waals surface area contributed by atoms with Crippen LogP contribution in [0.5, 0.6) is 5.75 Å². The maximum atomic E-state index is 13.1. The van der Waals surface area contributed by atoms with E-state index in [1.54, 1.807) is 12.1 Å². The van der Waals surface area contributed by atoms with E-state index in [1.165, 1.54) is 6.07 Å². The van der Waals surface area contributed by atoms with Crippen LogP contribution in [-0.2, 0) is 22.0 Å². The Bertz CT molecular complexity index is 785. The van der Waals surface area contributed by atoms with Gasteiger partial charge in [0.25, 0.3) is 0 Å². The quantitative estimate of drug-likeness (QED) is 0.267. The molecular weight excluding hydrogens is 463 g/mol. The molecule has 2 atom stereocenters. The molecule has 0 aromatic heterocycles. The molecule has 1 aliphatic rings. The lowest BCUT2D eigenvalue weighted by Gasteiger charge is -2.38. The highest BCUT2D eigenvalue weighted by Gasteiger charge is 2.46. The van der Waals surface area contributed by atoms with Crippen LogP contribution in [0, 0.1) is 0 Å². The van der Waals surface area contributed by atoms with Crippen LogP contribution in [0.3, 0.4) is 0 Å². The molecule has 0 aliphatic carbocycles. The fourth-order valence-corrected chi connectivity index (χ4v) is 5.95. The number of carbonyl (C=O) groups is 1. The van der Waals surface area contributed by atoms with Crippen molar-refractivity contribution in [3.63, 3.8) is 0 Å². The van der Waals surface area contributed by atoms with E-state index in [1.807, 2.05) is 0 Å². The maximum absolute atomic E-state index is 13.1. The van der Waals surface area contributed by atoms with Crippen LogP contribution in [0.2, 0.25) is 0 Å². The first-order valence-corrected chi connectivity index (χ1v) is 14.3. The number of amides is 1. The van der Waals surface area contributed by atoms with E-state index in [4.69, 9.17) is 0 Å². The summed E-state index contributed by atoms with van der Waals surface area (Å²) >= 11 is 0. The van der Waals surface area contributed by atoms with Crippen molar-refractivity contribution in [1.29, 1.82) is 0 Å². The fourth-order valence-electron chi connectivity index (χ4n) is 4.69. The van der Waals surface area contributed by atoms with E-state index in [0.29, 0.717) is 18.4 Å². The summed E-state index contributed by atoms with van der Waals surface area (Å²) in [5.74, 6) is -0.0531. The first-order chi connectivity index (χ1) is 16.2. The van der Waals surface area contributed by atoms with Gasteiger partial charge in [-0.15, -0.1) is 0 Å². The van der Waals surface area contributed by atoms with E-state index in [9.17, 15) is 27.3 Å². The molecule has 2 unspecified atom stereocenters. The van der Waals surface area contributed by atoms with Crippen LogP contribution in [-0.4, -0.2) is 44.3 Å². The van der Waals surface area contributed by atoms with Crippen LogP contribution in [0.4, 0.5) is 13.2 Å². The third-order valence-corrected chi connectivity index (χ3v) is 8.05. The molecule has 194 valence electrons. The second kappa shape index (κ2) is 14.7. The summed E-state index contributed by atoms with van der Waals surface area (Å²) in [5, 5.41) is 9.72. The first kappa shape index (κ1) is 28.7. The topological polar surface area (TPSA) is 57.6 Å². The monoisotopic (exact) mass is 503 g/mol. The molecule has 0 radical (unpaired) electrons. The van der Waals surface area contributed by atoms with E-state index in [0.717, 1.165) is 92.6 Å². The van der Waals surface area contributed by atoms with Gasteiger partial charge in [-0.3, -0.25) is 9.00 Å². The number of hydrogen-bond acceptors (Lipinski definition) is 3. The minimum absolute atomic E-state index is 0.0167. The molecule has 2 rings (SSSR count). The Hall–Kier alpha value is -1.57. The van der Waals surface area contributed by atoms with Gasteiger partial charge in [0, 0.05) is 28.9 Å². The van der Waals surface area contributed by atoms with Crippen molar-refractivity contribution in [3.8, 4) is 5.75 Å². The Balaban J connectivity index is 1.69. The predicted molar refractivity (Wildman–Crippen MR) is 131 cm³/mol. The molecule has 0 bridgehead atoms. The van der Waals surface area contributed by atoms with Gasteiger partial charge in [0.2, 0.25) is 0 Å². The highest BCUT2D eigenvalue weighted by atomic mass is 32.2. The summed E-state index contributed by atoms with van der Waals surface area (Å²) in [6.45, 7) is 2.16. The number of alkyl halides is 3. The van der Waals surface area contributed by atoms with Crippen molar-refractivity contribution < 1.29 is 27.3 Å². The zero-order valence-electron chi connectivity index (χ0n) is 20.4. The van der Waals surface area contributed by atoms with Crippen molar-refractivity contribution in [3.05, 3.63) is 29.3 Å². The molecule has 8 heteroatoms. The largest absolute Gasteiger partial charge is 0.508 e. The number of aromatic hydroxyl groups is 1. The van der Waals surface area contributed by atoms with Gasteiger partial charge in [0.05, 0.1) is 6.04 Å². The Morgan fingerprint density at radius 1 is 1.00 bits per heavy atom. The average Bonchev–Trinajstić information content (AvgIpc) is 2.79. The molecule has 0 saturated heterocycles. The number of phenolic OH excluding ortho intramolecular Hbond substituents is 1. The van der Waals surface area contributed by atoms with Gasteiger partial charge >= 0.3 is 12.1 Å². The number of unbranched alkanes of at least 4 members (excludes halogenated alkanes) is 9. The van der Waals surface area contributed by atoms with Gasteiger partial charge < -0.3 is 10.0 Å². The molecule has 0 fully saturated rings. The Morgan fingerprint density at radius 3 is 2.21 bits per heavy atom. The Kier molecular flexibility index (Phi) is 12.4. The van der Waals surface area contributed by atoms with E-state index < -0.39 is 28.9 Å². The summed E-state index contributed by atoms with van der Waals surface area (Å²) < 4.78 is 51.3. The average molecular weight is 504 g/mol. The van der Waals surface area contributed by atoms with Crippen LogP contribution >= 0.6 is 0 Å². The summed E-state index contributed by atoms with van der Waals surface area (Å²) in [6, 6.07) is 4.13. The van der Waals surface area contributed by atoms with Gasteiger partial charge in [0.1, 0.15) is 5.75 Å². The number of rotatable bonds is 15. The number of benzene rings is 1. The molecule has 1 heterocycles. The summed E-state index contributed by atoms with van der Waals surface area (Å²) in [4.78, 5) is 13.0. The van der Waals surface area contributed by atoms with Crippen molar-refractivity contribution in [2.75, 3.05) is 18.1 Å². The number of carbonyl (C=O) groups excluding carboxylic acids is 1. The summed E-state index contributed by atoms with van der Waals surface area (Å²) in [7, 11) is -0.677. The number of fused-ring (bicyclic) bond motifs is 1. The fraction of sp³-hybridized carbons (Fsp3) is 0.731. The van der Waals surface area contributed by atoms with E-state index in [-0.39, 0.29) is 12.3 Å². The molecular formula is C26H40F3NO3S. The smallest absolute Gasteiger partial charge is 0.471 e. The summed E-state index contributed by atoms with van der Waals surface area (Å²) in [5.41, 5.74) is 1.54. The molecule has 4 nitrogen and oxygen atoms in total. The van der Waals surface area contributed by atoms with Crippen molar-refractivity contribution >= 4 is 16.7 Å². The number of hydrogen-bond donors (Lipinski definition) is 1. The lowest BCUT2D eigenvalue weighted by Crippen LogP contribution is -2.46. The van der Waals surface area contributed by atoms with Crippen LogP contribution < -0.4 is 0 Å². The van der Waals surface area contributed by atoms with Crippen molar-refractivity contribution in [2.45, 2.75) is 103 Å². The molecule has 1 aromatic carbocycles. The van der Waals surface area contributed by atoms with E-state index >= 15 is 0 Å². The molecule has 0 saturated carbocycles. The van der Waals surface area contributed by atoms with Gasteiger partial charge in [-0.05, 0) is 48.9 Å². The predicted octanol–water partition coefficient (Wildman–Crippen LogP) is 6.83. The van der Waals surface area contributed by atoms with Crippen LogP contribution in [0.25, 0.3) is 0 Å². The van der Waals surface area contributed by atoms with Gasteiger partial charge in [0.15, 0.2) is 0 Å². The number of halogens is 3. The van der Waals surface area contributed by atoms with Crippen LogP contribution in [0.1, 0.15) is 101 Å². The molecule has 34 heavy (non-hydrogen) atoms. The summed E-state index contributed by atoms with van der Waals surface area (Å²) in [6.07, 6.45) is 7.41. The minimum Gasteiger partial charge on any atom is -0.508 e. The Labute approximate surface area is 204 Å². The highest BCUT2D eigenvalue weighted by Crippen LogP contribution is 2.37. The zero-order chi connectivity index (χ0) is 25.0. The van der Waals surface area contributed by atoms with E-state index in [2.05, 4.69) is 6.92 Å². The lowest BCUT2D eigenvalue weighted by atomic mass is 9.89. The van der Waals surface area contributed by atoms with Crippen molar-refractivity contribution in [1.82, 2.24) is 4.90 Å². The van der Waals surface area contributed by atoms with Crippen LogP contribution in [0.15, 0.2) is 18.2 Å². The molecule has 0 spiro atoms. The third-order valence-electron chi connectivity index (χ3n) is 6.56. The first-order valence-electron chi connectivity index (χ1n) is 12.8. The highest BCUT2D eigenvalue weighted by molar-refractivity contribution is 7.84. The van der Waals surface area contributed by atoms with Crippen molar-refractivity contribution in [2.24, 2.45) is 0 Å². The zero-order valence-corrected chi connectivity index (χ0v) is 21.2. The molecule has 1 N–H and O–H groups in total. The molecule has 1 amide bonds. The molecule has 1 aromatic rings. The number of nitrogens with zero attached hydrogens (tertiary/aromatic N) is 1. The maximum Gasteiger partial charge on any atom is 0.471 e. The lowest BCUT2D eigenvalue weighted by molar-refractivity contribution is -0.188. The Morgan fingerprint density at radius 2 is 1.59 bits per heavy atom.